The van der Waals surface area contributed by atoms with Crippen molar-refractivity contribution in [1.82, 2.24) is 0 Å². The molecule has 2 N–H and O–H groups in total. The molecule has 0 aromatic heterocycles. The van der Waals surface area contributed by atoms with Gasteiger partial charge in [0.25, 0.3) is 0 Å². The average molecular weight is 174 g/mol. The van der Waals surface area contributed by atoms with E-state index >= 15 is 0 Å². The minimum absolute atomic E-state index is 0.293. The van der Waals surface area contributed by atoms with Gasteiger partial charge >= 0.3 is 0 Å². The topological polar surface area (TPSA) is 40.5 Å². The highest BCUT2D eigenvalue weighted by molar-refractivity contribution is 4.72. The second-order valence-corrected chi connectivity index (χ2v) is 3.99. The molecule has 0 amide bonds. The van der Waals surface area contributed by atoms with Crippen LogP contribution in [0.25, 0.3) is 0 Å². The molecule has 0 spiro atoms. The number of hydrogen-bond donors (Lipinski definition) is 2. The van der Waals surface area contributed by atoms with Gasteiger partial charge in [0.05, 0.1) is 11.7 Å². The zero-order chi connectivity index (χ0) is 9.61. The van der Waals surface area contributed by atoms with Gasteiger partial charge in [0, 0.05) is 0 Å². The van der Waals surface area contributed by atoms with Crippen molar-refractivity contribution in [1.29, 1.82) is 0 Å². The third-order valence-electron chi connectivity index (χ3n) is 2.17. The predicted molar refractivity (Wildman–Crippen MR) is 51.1 cm³/mol. The Morgan fingerprint density at radius 3 is 2.33 bits per heavy atom. The first-order chi connectivity index (χ1) is 5.48. The molecule has 0 saturated heterocycles. The molecule has 12 heavy (non-hydrogen) atoms. The largest absolute Gasteiger partial charge is 0.393 e. The lowest BCUT2D eigenvalue weighted by atomic mass is 9.93. The Morgan fingerprint density at radius 2 is 1.92 bits per heavy atom. The summed E-state index contributed by atoms with van der Waals surface area (Å²) in [5.74, 6) is 0. The zero-order valence-electron chi connectivity index (χ0n) is 8.51. The van der Waals surface area contributed by atoms with Crippen LogP contribution in [0.1, 0.15) is 52.9 Å². The third-order valence-corrected chi connectivity index (χ3v) is 2.17. The van der Waals surface area contributed by atoms with Gasteiger partial charge < -0.3 is 10.2 Å². The number of aliphatic hydroxyl groups is 2. The van der Waals surface area contributed by atoms with E-state index < -0.39 is 5.60 Å². The van der Waals surface area contributed by atoms with Crippen molar-refractivity contribution in [3.8, 4) is 0 Å². The smallest absolute Gasteiger partial charge is 0.0620 e. The van der Waals surface area contributed by atoms with Crippen LogP contribution < -0.4 is 0 Å². The van der Waals surface area contributed by atoms with E-state index in [2.05, 4.69) is 6.92 Å². The quantitative estimate of drug-likeness (QED) is 0.647. The first-order valence-electron chi connectivity index (χ1n) is 4.88. The predicted octanol–water partition coefficient (Wildman–Crippen LogP) is 2.09. The van der Waals surface area contributed by atoms with Crippen LogP contribution in [0.4, 0.5) is 0 Å². The van der Waals surface area contributed by atoms with Crippen molar-refractivity contribution in [2.75, 3.05) is 0 Å². The molecule has 2 nitrogen and oxygen atoms in total. The Hall–Kier alpha value is -0.0800. The van der Waals surface area contributed by atoms with Crippen molar-refractivity contribution < 1.29 is 10.2 Å². The highest BCUT2D eigenvalue weighted by Gasteiger charge is 2.19. The highest BCUT2D eigenvalue weighted by atomic mass is 16.3. The molecule has 2 heteroatoms. The number of rotatable bonds is 6. The molecule has 0 aromatic rings. The van der Waals surface area contributed by atoms with Gasteiger partial charge in [-0.25, -0.2) is 0 Å². The van der Waals surface area contributed by atoms with Crippen LogP contribution in [0.3, 0.4) is 0 Å². The van der Waals surface area contributed by atoms with Crippen LogP contribution >= 0.6 is 0 Å². The summed E-state index contributed by atoms with van der Waals surface area (Å²) in [5.41, 5.74) is -0.576. The maximum atomic E-state index is 9.78. The van der Waals surface area contributed by atoms with Crippen LogP contribution in [0.2, 0.25) is 0 Å². The fourth-order valence-corrected chi connectivity index (χ4v) is 1.20. The second kappa shape index (κ2) is 5.55. The van der Waals surface area contributed by atoms with Crippen molar-refractivity contribution in [3.63, 3.8) is 0 Å². The van der Waals surface area contributed by atoms with Crippen molar-refractivity contribution in [2.45, 2.75) is 64.6 Å². The molecular formula is C10H22O2. The van der Waals surface area contributed by atoms with Gasteiger partial charge in [-0.1, -0.05) is 19.8 Å². The summed E-state index contributed by atoms with van der Waals surface area (Å²) in [6, 6.07) is 0. The van der Waals surface area contributed by atoms with Crippen LogP contribution in [-0.4, -0.2) is 21.9 Å². The van der Waals surface area contributed by atoms with E-state index in [1.165, 1.54) is 0 Å². The molecule has 0 unspecified atom stereocenters. The van der Waals surface area contributed by atoms with E-state index in [4.69, 9.17) is 5.11 Å². The molecule has 0 heterocycles. The monoisotopic (exact) mass is 174 g/mol. The Morgan fingerprint density at radius 1 is 1.33 bits per heavy atom. The SMILES string of the molecule is CCCC[C@](C)(O)CC[C@@H](C)O. The van der Waals surface area contributed by atoms with Crippen LogP contribution in [-0.2, 0) is 0 Å². The van der Waals surface area contributed by atoms with Crippen molar-refractivity contribution in [2.24, 2.45) is 0 Å². The van der Waals surface area contributed by atoms with Crippen LogP contribution in [0.5, 0.6) is 0 Å². The lowest BCUT2D eigenvalue weighted by molar-refractivity contribution is 0.0250. The number of aliphatic hydroxyl groups excluding tert-OH is 1. The van der Waals surface area contributed by atoms with E-state index in [1.54, 1.807) is 6.92 Å². The first kappa shape index (κ1) is 11.9. The summed E-state index contributed by atoms with van der Waals surface area (Å²) in [6.07, 6.45) is 4.12. The third kappa shape index (κ3) is 6.62. The molecule has 0 rings (SSSR count). The van der Waals surface area contributed by atoms with E-state index in [0.717, 1.165) is 19.3 Å². The molecule has 0 radical (unpaired) electrons. The minimum atomic E-state index is -0.576. The molecule has 0 aliphatic heterocycles. The van der Waals surface area contributed by atoms with Gasteiger partial charge in [-0.15, -0.1) is 0 Å². The molecule has 0 aliphatic carbocycles. The number of unbranched alkanes of at least 4 members (excludes halogenated alkanes) is 1. The highest BCUT2D eigenvalue weighted by Crippen LogP contribution is 2.20. The fourth-order valence-electron chi connectivity index (χ4n) is 1.20. The molecular weight excluding hydrogens is 152 g/mol. The summed E-state index contributed by atoms with van der Waals surface area (Å²) < 4.78 is 0. The maximum Gasteiger partial charge on any atom is 0.0620 e. The lowest BCUT2D eigenvalue weighted by Crippen LogP contribution is -2.25. The number of hydrogen-bond acceptors (Lipinski definition) is 2. The summed E-state index contributed by atoms with van der Waals surface area (Å²) in [6.45, 7) is 5.73. The van der Waals surface area contributed by atoms with Crippen molar-refractivity contribution >= 4 is 0 Å². The lowest BCUT2D eigenvalue weighted by Gasteiger charge is -2.23. The fraction of sp³-hybridized carbons (Fsp3) is 1.00. The summed E-state index contributed by atoms with van der Waals surface area (Å²) in [5, 5.41) is 18.8. The van der Waals surface area contributed by atoms with Crippen LogP contribution in [0, 0.1) is 0 Å². The van der Waals surface area contributed by atoms with E-state index in [9.17, 15) is 5.11 Å². The zero-order valence-corrected chi connectivity index (χ0v) is 8.51. The molecule has 74 valence electrons. The van der Waals surface area contributed by atoms with E-state index in [-0.39, 0.29) is 6.10 Å². The summed E-state index contributed by atoms with van der Waals surface area (Å²) in [4.78, 5) is 0. The van der Waals surface area contributed by atoms with Crippen LogP contribution in [0.15, 0.2) is 0 Å². The standard InChI is InChI=1S/C10H22O2/c1-4-5-7-10(3,12)8-6-9(2)11/h9,11-12H,4-8H2,1-3H3/t9-,10+/m1/s1. The van der Waals surface area contributed by atoms with E-state index in [0.29, 0.717) is 12.8 Å². The van der Waals surface area contributed by atoms with E-state index in [1.807, 2.05) is 6.92 Å². The normalized spacial score (nSPS) is 18.8. The van der Waals surface area contributed by atoms with Crippen molar-refractivity contribution in [3.05, 3.63) is 0 Å². The Bertz CT molecular complexity index is 108. The van der Waals surface area contributed by atoms with Gasteiger partial charge in [0.1, 0.15) is 0 Å². The second-order valence-electron chi connectivity index (χ2n) is 3.99. The Balaban J connectivity index is 3.56. The van der Waals surface area contributed by atoms with Gasteiger partial charge in [-0.2, -0.15) is 0 Å². The molecule has 0 saturated carbocycles. The summed E-state index contributed by atoms with van der Waals surface area (Å²) >= 11 is 0. The first-order valence-corrected chi connectivity index (χ1v) is 4.88. The molecule has 0 fully saturated rings. The van der Waals surface area contributed by atoms with Gasteiger partial charge in [0.2, 0.25) is 0 Å². The molecule has 0 aromatic carbocycles. The average Bonchev–Trinajstić information content (AvgIpc) is 1.98. The van der Waals surface area contributed by atoms with Gasteiger partial charge in [0.15, 0.2) is 0 Å². The summed E-state index contributed by atoms with van der Waals surface area (Å²) in [7, 11) is 0. The maximum absolute atomic E-state index is 9.78. The molecule has 0 bridgehead atoms. The minimum Gasteiger partial charge on any atom is -0.393 e. The Labute approximate surface area is 75.6 Å². The molecule has 0 aliphatic rings. The van der Waals surface area contributed by atoms with Gasteiger partial charge in [-0.05, 0) is 33.1 Å². The Kier molecular flexibility index (Phi) is 5.51. The van der Waals surface area contributed by atoms with Gasteiger partial charge in [-0.3, -0.25) is 0 Å². The molecule has 2 atom stereocenters.